The number of carboxylic acids is 1. The van der Waals surface area contributed by atoms with Crippen molar-refractivity contribution < 1.29 is 80.7 Å². The Morgan fingerprint density at radius 2 is 1.84 bits per heavy atom. The Kier molecular flexibility index (Phi) is 7.63. The molecule has 1 N–H and O–H groups in total. The van der Waals surface area contributed by atoms with Crippen LogP contribution in [-0.4, -0.2) is 35.5 Å². The van der Waals surface area contributed by atoms with E-state index in [1.807, 2.05) is 6.92 Å². The normalized spacial score (nSPS) is 45.0. The van der Waals surface area contributed by atoms with E-state index in [4.69, 9.17) is 4.74 Å². The minimum atomic E-state index is -1.14. The van der Waals surface area contributed by atoms with Crippen molar-refractivity contribution >= 4 is 17.7 Å². The van der Waals surface area contributed by atoms with Gasteiger partial charge in [0.05, 0.1) is 18.6 Å². The maximum absolute atomic E-state index is 13.1. The topological polar surface area (TPSA) is 104 Å². The van der Waals surface area contributed by atoms with Crippen molar-refractivity contribution in [2.24, 2.45) is 40.4 Å². The second-order valence-electron chi connectivity index (χ2n) is 11.0. The van der Waals surface area contributed by atoms with Crippen molar-refractivity contribution in [3.63, 3.8) is 0 Å². The van der Waals surface area contributed by atoms with E-state index in [0.717, 1.165) is 31.3 Å². The van der Waals surface area contributed by atoms with Gasteiger partial charge in [-0.15, -0.1) is 0 Å². The third kappa shape index (κ3) is 3.83. The van der Waals surface area contributed by atoms with Gasteiger partial charge in [0.15, 0.2) is 5.78 Å². The first-order chi connectivity index (χ1) is 14.5. The summed E-state index contributed by atoms with van der Waals surface area (Å²) in [5, 5.41) is 22.7. The first kappa shape index (κ1) is 26.5. The molecule has 0 saturated heterocycles. The number of ether oxygens (including phenoxy) is 1. The Morgan fingerprint density at radius 1 is 1.19 bits per heavy atom. The number of fused-ring (bicyclic) bond motifs is 5. The molecule has 4 aliphatic rings. The SMILES string of the molecule is COC(=O)C1C(C)C2=CC(=O)CC[C@]2(C)[C@H]2CC[C@@]3(C)[C@@H](CC[C@]3(O)CCC(=O)[O-])[C@H]12.[K+]. The maximum atomic E-state index is 13.1. The second-order valence-corrected chi connectivity index (χ2v) is 11.0. The van der Waals surface area contributed by atoms with E-state index in [2.05, 4.69) is 13.8 Å². The molecule has 172 valence electrons. The van der Waals surface area contributed by atoms with Crippen LogP contribution in [0.4, 0.5) is 0 Å². The summed E-state index contributed by atoms with van der Waals surface area (Å²) in [4.78, 5) is 36.5. The molecule has 2 unspecified atom stereocenters. The number of hydrogen-bond donors (Lipinski definition) is 1. The molecule has 0 amide bonds. The van der Waals surface area contributed by atoms with Crippen molar-refractivity contribution in [2.45, 2.75) is 77.7 Å². The number of ketones is 1. The molecule has 0 bridgehead atoms. The molecule has 0 aliphatic heterocycles. The molecule has 32 heavy (non-hydrogen) atoms. The summed E-state index contributed by atoms with van der Waals surface area (Å²) in [5.74, 6) is -1.28. The van der Waals surface area contributed by atoms with Crippen molar-refractivity contribution in [1.29, 1.82) is 0 Å². The van der Waals surface area contributed by atoms with E-state index < -0.39 is 17.0 Å². The summed E-state index contributed by atoms with van der Waals surface area (Å²) in [6, 6.07) is 0. The molecule has 3 saturated carbocycles. The maximum Gasteiger partial charge on any atom is 1.00 e. The van der Waals surface area contributed by atoms with Crippen LogP contribution in [-0.2, 0) is 19.1 Å². The van der Waals surface area contributed by atoms with Gasteiger partial charge in [-0.2, -0.15) is 0 Å². The van der Waals surface area contributed by atoms with E-state index in [1.165, 1.54) is 7.11 Å². The molecular weight excluding hydrogens is 435 g/mol. The van der Waals surface area contributed by atoms with Gasteiger partial charge in [0.25, 0.3) is 0 Å². The number of carbonyl (C=O) groups is 3. The van der Waals surface area contributed by atoms with Gasteiger partial charge in [0, 0.05) is 12.4 Å². The summed E-state index contributed by atoms with van der Waals surface area (Å²) >= 11 is 0. The largest absolute Gasteiger partial charge is 1.00 e. The average molecular weight is 471 g/mol. The molecule has 0 aromatic carbocycles. The van der Waals surface area contributed by atoms with Crippen LogP contribution in [0.3, 0.4) is 0 Å². The van der Waals surface area contributed by atoms with Crippen LogP contribution in [0.25, 0.3) is 0 Å². The Balaban J connectivity index is 0.00000289. The fraction of sp³-hybridized carbons (Fsp3) is 0.800. The summed E-state index contributed by atoms with van der Waals surface area (Å²) in [6.07, 6.45) is 6.13. The van der Waals surface area contributed by atoms with Crippen LogP contribution in [0.1, 0.15) is 72.1 Å². The zero-order valence-electron chi connectivity index (χ0n) is 20.1. The summed E-state index contributed by atoms with van der Waals surface area (Å²) in [6.45, 7) is 6.39. The molecule has 7 heteroatoms. The van der Waals surface area contributed by atoms with E-state index in [0.29, 0.717) is 12.8 Å². The van der Waals surface area contributed by atoms with Gasteiger partial charge >= 0.3 is 57.4 Å². The fourth-order valence-corrected chi connectivity index (χ4v) is 8.28. The number of carbonyl (C=O) groups excluding carboxylic acids is 3. The minimum absolute atomic E-state index is 0. The van der Waals surface area contributed by atoms with E-state index >= 15 is 0 Å². The number of methoxy groups -OCH3 is 1. The predicted octanol–water partition coefficient (Wildman–Crippen LogP) is -0.571. The average Bonchev–Trinajstić information content (AvgIpc) is 2.99. The van der Waals surface area contributed by atoms with Crippen LogP contribution in [0.2, 0.25) is 0 Å². The molecule has 8 atom stereocenters. The predicted molar refractivity (Wildman–Crippen MR) is 111 cm³/mol. The number of aliphatic carboxylic acids is 1. The van der Waals surface area contributed by atoms with Gasteiger partial charge in [-0.05, 0) is 85.5 Å². The standard InChI is InChI=1S/C25H36O6.K/c1-14-18-13-15(26)5-9-23(18,2)16-6-10-24(3)17(21(16)20(14)22(29)31-4)7-11-25(24,30)12-8-19(27)28;/h13-14,16-17,20-21,30H,5-12H2,1-4H3,(H,27,28);/q;+1/p-1/t14?,16-,17-,20?,21+,23+,24-,25-;/m0./s1. The van der Waals surface area contributed by atoms with Crippen molar-refractivity contribution in [3.05, 3.63) is 11.6 Å². The number of aliphatic hydroxyl groups is 1. The quantitative estimate of drug-likeness (QED) is 0.436. The van der Waals surface area contributed by atoms with E-state index in [-0.39, 0.29) is 111 Å². The molecule has 0 aromatic heterocycles. The third-order valence-electron chi connectivity index (χ3n) is 10.00. The van der Waals surface area contributed by atoms with Crippen LogP contribution >= 0.6 is 0 Å². The number of carboxylic acid groups (broad SMARTS) is 1. The Bertz CT molecular complexity index is 838. The van der Waals surface area contributed by atoms with E-state index in [9.17, 15) is 24.6 Å². The molecule has 0 heterocycles. The smallest absolute Gasteiger partial charge is 0.550 e. The molecule has 0 aromatic rings. The van der Waals surface area contributed by atoms with Gasteiger partial charge in [0.2, 0.25) is 0 Å². The molecule has 4 aliphatic carbocycles. The molecular formula is C25H35KO6. The number of esters is 1. The Hall–Kier alpha value is -0.0536. The number of hydrogen-bond acceptors (Lipinski definition) is 6. The number of rotatable bonds is 4. The second kappa shape index (κ2) is 9.19. The van der Waals surface area contributed by atoms with Gasteiger partial charge in [-0.1, -0.05) is 26.3 Å². The summed E-state index contributed by atoms with van der Waals surface area (Å²) in [7, 11) is 1.42. The third-order valence-corrected chi connectivity index (χ3v) is 10.00. The molecule has 4 rings (SSSR count). The van der Waals surface area contributed by atoms with Crippen LogP contribution in [0, 0.1) is 40.4 Å². The summed E-state index contributed by atoms with van der Waals surface area (Å²) in [5.41, 5.74) is -0.548. The molecule has 6 nitrogen and oxygen atoms in total. The van der Waals surface area contributed by atoms with Crippen molar-refractivity contribution in [1.82, 2.24) is 0 Å². The first-order valence-corrected chi connectivity index (χ1v) is 11.7. The van der Waals surface area contributed by atoms with Crippen LogP contribution < -0.4 is 56.5 Å². The van der Waals surface area contributed by atoms with Gasteiger partial charge in [0.1, 0.15) is 0 Å². The zero-order valence-corrected chi connectivity index (χ0v) is 23.2. The van der Waals surface area contributed by atoms with E-state index in [1.54, 1.807) is 6.08 Å². The first-order valence-electron chi connectivity index (χ1n) is 11.7. The van der Waals surface area contributed by atoms with Crippen LogP contribution in [0.5, 0.6) is 0 Å². The minimum Gasteiger partial charge on any atom is -0.550 e. The zero-order chi connectivity index (χ0) is 22.8. The van der Waals surface area contributed by atoms with Crippen LogP contribution in [0.15, 0.2) is 11.6 Å². The molecule has 3 fully saturated rings. The van der Waals surface area contributed by atoms with Crippen molar-refractivity contribution in [3.8, 4) is 0 Å². The van der Waals surface area contributed by atoms with Crippen molar-refractivity contribution in [2.75, 3.05) is 7.11 Å². The Morgan fingerprint density at radius 3 is 2.47 bits per heavy atom. The molecule has 0 spiro atoms. The number of allylic oxidation sites excluding steroid dienone is 1. The van der Waals surface area contributed by atoms with Gasteiger partial charge in [-0.25, -0.2) is 0 Å². The van der Waals surface area contributed by atoms with Gasteiger partial charge < -0.3 is 19.7 Å². The fourth-order valence-electron chi connectivity index (χ4n) is 8.28. The molecule has 0 radical (unpaired) electrons. The Labute approximate surface area is 233 Å². The monoisotopic (exact) mass is 470 g/mol. The summed E-state index contributed by atoms with van der Waals surface area (Å²) < 4.78 is 5.26. The van der Waals surface area contributed by atoms with Gasteiger partial charge in [-0.3, -0.25) is 9.59 Å².